The number of alkyl halides is 5. The van der Waals surface area contributed by atoms with Crippen molar-refractivity contribution in [1.82, 2.24) is 19.6 Å². The van der Waals surface area contributed by atoms with Gasteiger partial charge in [-0.1, -0.05) is 24.3 Å². The van der Waals surface area contributed by atoms with E-state index >= 15 is 0 Å². The number of carbonyl (C=O) groups is 2. The normalized spacial score (nSPS) is 11.3. The minimum Gasteiger partial charge on any atom is -0.321 e. The third-order valence-corrected chi connectivity index (χ3v) is 8.08. The summed E-state index contributed by atoms with van der Waals surface area (Å²) < 4.78 is 123. The Bertz CT molecular complexity index is 2400. The van der Waals surface area contributed by atoms with Crippen molar-refractivity contribution in [3.63, 3.8) is 0 Å². The number of rotatable bonds is 7. The topological polar surface area (TPSA) is 93.8 Å². The molecular weight excluding hydrogens is 743 g/mol. The molecule has 2 aromatic heterocycles. The van der Waals surface area contributed by atoms with E-state index in [0.29, 0.717) is 16.7 Å². The zero-order chi connectivity index (χ0) is 40.4. The van der Waals surface area contributed by atoms with Gasteiger partial charge in [0, 0.05) is 49.0 Å². The Morgan fingerprint density at radius 2 is 1.07 bits per heavy atom. The Labute approximate surface area is 307 Å². The molecular formula is C38H29F9N6O2. The van der Waals surface area contributed by atoms with E-state index in [1.807, 2.05) is 0 Å². The van der Waals surface area contributed by atoms with Gasteiger partial charge in [-0.2, -0.15) is 23.4 Å². The Hall–Kier alpha value is -6.39. The van der Waals surface area contributed by atoms with Gasteiger partial charge in [0.05, 0.1) is 11.1 Å². The fraction of sp³-hybridized carbons (Fsp3) is 0.158. The number of benzene rings is 4. The van der Waals surface area contributed by atoms with E-state index < -0.39 is 64.6 Å². The second kappa shape index (κ2) is 15.9. The van der Waals surface area contributed by atoms with Crippen LogP contribution in [0.2, 0.25) is 0 Å². The van der Waals surface area contributed by atoms with Gasteiger partial charge in [-0.3, -0.25) is 19.0 Å². The van der Waals surface area contributed by atoms with Crippen molar-refractivity contribution in [3.8, 4) is 22.3 Å². The summed E-state index contributed by atoms with van der Waals surface area (Å²) in [6.45, 7) is 3.14. The molecule has 0 aliphatic heterocycles. The van der Waals surface area contributed by atoms with Crippen LogP contribution in [0.25, 0.3) is 22.3 Å². The average molecular weight is 773 g/mol. The second-order valence-electron chi connectivity index (χ2n) is 12.2. The lowest BCUT2D eigenvalue weighted by Crippen LogP contribution is -2.18. The number of anilines is 2. The van der Waals surface area contributed by atoms with E-state index in [2.05, 4.69) is 20.8 Å². The molecule has 8 nitrogen and oxygen atoms in total. The van der Waals surface area contributed by atoms with Gasteiger partial charge in [0.25, 0.3) is 18.2 Å². The molecule has 2 N–H and O–H groups in total. The van der Waals surface area contributed by atoms with E-state index in [0.717, 1.165) is 45.9 Å². The molecule has 286 valence electrons. The molecule has 0 aliphatic carbocycles. The van der Waals surface area contributed by atoms with Crippen LogP contribution in [0.1, 0.15) is 49.7 Å². The van der Waals surface area contributed by atoms with Crippen molar-refractivity contribution in [2.24, 2.45) is 14.1 Å². The Kier molecular flexibility index (Phi) is 11.5. The molecule has 0 fully saturated rings. The summed E-state index contributed by atoms with van der Waals surface area (Å²) in [6, 6.07) is 15.3. The quantitative estimate of drug-likeness (QED) is 0.158. The van der Waals surface area contributed by atoms with Crippen molar-refractivity contribution in [2.45, 2.75) is 26.4 Å². The highest BCUT2D eigenvalue weighted by atomic mass is 19.4. The summed E-state index contributed by atoms with van der Waals surface area (Å²) in [5.41, 5.74) is -1.02. The maximum absolute atomic E-state index is 13.9. The standard InChI is InChI=1S/C19H14F5N3O.C19H15F4N3O/c1-10-3-4-11(7-15(10)21)13-8-12(20)5-6-16(13)25-18(28)14-9-27(2)26-17(14)19(22,23)24;1-10-3-4-11(7-15(10)21)13-8-12(20)5-6-16(13)24-19(27)14-9-26(2)25-17(14)18(22)23/h3-9H,1-2H3,(H,25,28);3-9,18H,1-2H3,(H,24,27). The Morgan fingerprint density at radius 1 is 0.636 bits per heavy atom. The number of aryl methyl sites for hydroxylation is 4. The van der Waals surface area contributed by atoms with Crippen molar-refractivity contribution in [1.29, 1.82) is 0 Å². The van der Waals surface area contributed by atoms with Crippen LogP contribution in [-0.2, 0) is 20.3 Å². The van der Waals surface area contributed by atoms with Gasteiger partial charge in [-0.25, -0.2) is 26.3 Å². The Balaban J connectivity index is 0.000000211. The summed E-state index contributed by atoms with van der Waals surface area (Å²) in [5, 5.41) is 11.7. The highest BCUT2D eigenvalue weighted by molar-refractivity contribution is 6.07. The van der Waals surface area contributed by atoms with Crippen LogP contribution in [0.3, 0.4) is 0 Å². The van der Waals surface area contributed by atoms with E-state index in [4.69, 9.17) is 0 Å². The van der Waals surface area contributed by atoms with Crippen LogP contribution in [0, 0.1) is 37.1 Å². The van der Waals surface area contributed by atoms with Crippen molar-refractivity contribution < 1.29 is 49.1 Å². The molecule has 2 amide bonds. The van der Waals surface area contributed by atoms with Gasteiger partial charge >= 0.3 is 6.18 Å². The minimum absolute atomic E-state index is 0.0339. The Morgan fingerprint density at radius 3 is 1.51 bits per heavy atom. The zero-order valence-electron chi connectivity index (χ0n) is 29.2. The molecule has 2 heterocycles. The fourth-order valence-electron chi connectivity index (χ4n) is 5.33. The van der Waals surface area contributed by atoms with Gasteiger partial charge in [0.1, 0.15) is 29.0 Å². The number of nitrogens with zero attached hydrogens (tertiary/aromatic N) is 4. The predicted octanol–water partition coefficient (Wildman–Crippen LogP) is 9.81. The van der Waals surface area contributed by atoms with Gasteiger partial charge in [0.2, 0.25) is 0 Å². The maximum atomic E-state index is 13.9. The molecule has 4 aromatic carbocycles. The lowest BCUT2D eigenvalue weighted by atomic mass is 10.0. The van der Waals surface area contributed by atoms with Crippen LogP contribution in [0.4, 0.5) is 50.9 Å². The van der Waals surface area contributed by atoms with Crippen molar-refractivity contribution >= 4 is 23.2 Å². The third-order valence-electron chi connectivity index (χ3n) is 8.08. The first-order valence-corrected chi connectivity index (χ1v) is 16.0. The molecule has 0 atom stereocenters. The summed E-state index contributed by atoms with van der Waals surface area (Å²) in [5.74, 6) is -4.14. The molecule has 0 bridgehead atoms. The molecule has 0 unspecified atom stereocenters. The first-order valence-electron chi connectivity index (χ1n) is 16.0. The highest BCUT2D eigenvalue weighted by Crippen LogP contribution is 2.34. The largest absolute Gasteiger partial charge is 0.435 e. The number of halogens is 9. The van der Waals surface area contributed by atoms with Crippen LogP contribution in [0.5, 0.6) is 0 Å². The van der Waals surface area contributed by atoms with Gasteiger partial charge in [0.15, 0.2) is 5.69 Å². The van der Waals surface area contributed by atoms with Gasteiger partial charge < -0.3 is 10.6 Å². The number of hydrogen-bond acceptors (Lipinski definition) is 4. The molecule has 0 saturated heterocycles. The van der Waals surface area contributed by atoms with Crippen LogP contribution in [-0.4, -0.2) is 31.4 Å². The lowest BCUT2D eigenvalue weighted by Gasteiger charge is -2.13. The molecule has 0 spiro atoms. The highest BCUT2D eigenvalue weighted by Gasteiger charge is 2.39. The monoisotopic (exact) mass is 772 g/mol. The maximum Gasteiger partial charge on any atom is 0.435 e. The molecule has 0 saturated carbocycles. The average Bonchev–Trinajstić information content (AvgIpc) is 3.72. The predicted molar refractivity (Wildman–Crippen MR) is 185 cm³/mol. The van der Waals surface area contributed by atoms with Crippen LogP contribution < -0.4 is 10.6 Å². The number of aromatic nitrogens is 4. The van der Waals surface area contributed by atoms with Gasteiger partial charge in [-0.15, -0.1) is 0 Å². The number of nitrogens with one attached hydrogen (secondary N) is 2. The SMILES string of the molecule is Cc1ccc(-c2cc(F)ccc2NC(=O)c2cn(C)nc2C(F)(F)F)cc1F.Cc1ccc(-c2cc(F)ccc2NC(=O)c2cn(C)nc2C(F)F)cc1F. The van der Waals surface area contributed by atoms with Gasteiger partial charge in [-0.05, 0) is 84.6 Å². The minimum atomic E-state index is -4.82. The molecule has 6 rings (SSSR count). The van der Waals surface area contributed by atoms with Crippen molar-refractivity contribution in [3.05, 3.63) is 142 Å². The number of hydrogen-bond donors (Lipinski definition) is 2. The molecule has 0 aliphatic rings. The number of amides is 2. The van der Waals surface area contributed by atoms with Crippen LogP contribution >= 0.6 is 0 Å². The smallest absolute Gasteiger partial charge is 0.321 e. The fourth-order valence-corrected chi connectivity index (χ4v) is 5.33. The van der Waals surface area contributed by atoms with E-state index in [1.54, 1.807) is 19.9 Å². The van der Waals surface area contributed by atoms with E-state index in [-0.39, 0.29) is 33.6 Å². The first kappa shape index (κ1) is 39.8. The lowest BCUT2D eigenvalue weighted by molar-refractivity contribution is -0.141. The molecule has 55 heavy (non-hydrogen) atoms. The molecule has 17 heteroatoms. The van der Waals surface area contributed by atoms with E-state index in [1.165, 1.54) is 56.7 Å². The van der Waals surface area contributed by atoms with E-state index in [9.17, 15) is 49.1 Å². The summed E-state index contributed by atoms with van der Waals surface area (Å²) in [7, 11) is 2.67. The zero-order valence-corrected chi connectivity index (χ0v) is 29.2. The third kappa shape index (κ3) is 9.23. The molecule has 0 radical (unpaired) electrons. The number of carbonyl (C=O) groups excluding carboxylic acids is 2. The molecule has 6 aromatic rings. The summed E-state index contributed by atoms with van der Waals surface area (Å²) in [4.78, 5) is 24.9. The van der Waals surface area contributed by atoms with Crippen LogP contribution in [0.15, 0.2) is 85.2 Å². The first-order chi connectivity index (χ1) is 25.8. The van der Waals surface area contributed by atoms with Crippen molar-refractivity contribution in [2.75, 3.05) is 10.6 Å². The summed E-state index contributed by atoms with van der Waals surface area (Å²) >= 11 is 0. The summed E-state index contributed by atoms with van der Waals surface area (Å²) in [6.07, 6.45) is -5.64. The second-order valence-corrected chi connectivity index (χ2v) is 12.2.